The zero-order valence-electron chi connectivity index (χ0n) is 21.7. The van der Waals surface area contributed by atoms with Gasteiger partial charge in [0.25, 0.3) is 11.5 Å². The lowest BCUT2D eigenvalue weighted by Gasteiger charge is -2.13. The molecule has 0 atom stereocenters. The molecule has 4 aromatic rings. The summed E-state index contributed by atoms with van der Waals surface area (Å²) in [7, 11) is 5.99. The molecule has 196 valence electrons. The molecular weight excluding hydrogens is 488 g/mol. The molecule has 0 spiro atoms. The molecule has 0 saturated carbocycles. The lowest BCUT2D eigenvalue weighted by atomic mass is 10.1. The molecule has 1 aromatic heterocycles. The molecule has 1 heterocycles. The summed E-state index contributed by atoms with van der Waals surface area (Å²) >= 11 is 0. The van der Waals surface area contributed by atoms with Gasteiger partial charge < -0.3 is 18.9 Å². The van der Waals surface area contributed by atoms with Gasteiger partial charge in [0.1, 0.15) is 5.75 Å². The minimum Gasteiger partial charge on any atom is -0.497 e. The Kier molecular flexibility index (Phi) is 7.81. The van der Waals surface area contributed by atoms with Crippen LogP contribution in [0.5, 0.6) is 23.0 Å². The summed E-state index contributed by atoms with van der Waals surface area (Å²) in [6.45, 7) is 1.66. The summed E-state index contributed by atoms with van der Waals surface area (Å²) in [5, 5.41) is 7.44. The highest BCUT2D eigenvalue weighted by Crippen LogP contribution is 2.38. The van der Waals surface area contributed by atoms with E-state index in [1.807, 2.05) is 42.5 Å². The number of aromatic amines is 1. The first-order chi connectivity index (χ1) is 18.4. The van der Waals surface area contributed by atoms with Crippen LogP contribution in [-0.4, -0.2) is 49.8 Å². The van der Waals surface area contributed by atoms with E-state index in [0.29, 0.717) is 45.7 Å². The van der Waals surface area contributed by atoms with E-state index in [2.05, 4.69) is 15.6 Å². The largest absolute Gasteiger partial charge is 0.497 e. The van der Waals surface area contributed by atoms with Gasteiger partial charge in [-0.3, -0.25) is 14.7 Å². The number of para-hydroxylation sites is 1. The highest BCUT2D eigenvalue weighted by atomic mass is 16.5. The van der Waals surface area contributed by atoms with Crippen LogP contribution in [0.1, 0.15) is 22.8 Å². The lowest BCUT2D eigenvalue weighted by Crippen LogP contribution is -2.23. The molecule has 0 aliphatic carbocycles. The van der Waals surface area contributed by atoms with E-state index in [1.165, 1.54) is 38.1 Å². The van der Waals surface area contributed by atoms with Crippen molar-refractivity contribution in [3.63, 3.8) is 0 Å². The standard InChI is InChI=1S/C28H28N4O6/c1-17(29-30-27(33)19-15-22(36-3)26(38-5)23(16-19)37-4)24-25(18-11-13-21(35-2)14-12-18)31-32(28(24)34)20-9-7-6-8-10-20/h6-16,31H,1-5H3,(H,30,33)/b29-17+. The number of benzene rings is 3. The van der Waals surface area contributed by atoms with E-state index >= 15 is 0 Å². The van der Waals surface area contributed by atoms with E-state index in [9.17, 15) is 9.59 Å². The average Bonchev–Trinajstić information content (AvgIpc) is 3.32. The molecule has 3 aromatic carbocycles. The number of amides is 1. The maximum atomic E-state index is 13.5. The van der Waals surface area contributed by atoms with Crippen molar-refractivity contribution in [3.8, 4) is 39.9 Å². The van der Waals surface area contributed by atoms with E-state index in [0.717, 1.165) is 5.56 Å². The Balaban J connectivity index is 1.74. The molecule has 0 unspecified atom stereocenters. The number of carbonyl (C=O) groups excluding carboxylic acids is 1. The predicted molar refractivity (Wildman–Crippen MR) is 144 cm³/mol. The zero-order chi connectivity index (χ0) is 27.2. The van der Waals surface area contributed by atoms with Crippen molar-refractivity contribution in [2.75, 3.05) is 28.4 Å². The molecule has 0 bridgehead atoms. The first-order valence-corrected chi connectivity index (χ1v) is 11.6. The summed E-state index contributed by atoms with van der Waals surface area (Å²) in [4.78, 5) is 26.5. The van der Waals surface area contributed by atoms with Crippen molar-refractivity contribution in [2.45, 2.75) is 6.92 Å². The van der Waals surface area contributed by atoms with Gasteiger partial charge in [0, 0.05) is 11.1 Å². The summed E-state index contributed by atoms with van der Waals surface area (Å²) in [6.07, 6.45) is 0. The number of ether oxygens (including phenoxy) is 4. The minimum absolute atomic E-state index is 0.238. The van der Waals surface area contributed by atoms with Crippen LogP contribution in [0.4, 0.5) is 0 Å². The van der Waals surface area contributed by atoms with Crippen LogP contribution in [0.2, 0.25) is 0 Å². The molecule has 4 rings (SSSR count). The van der Waals surface area contributed by atoms with Gasteiger partial charge >= 0.3 is 0 Å². The molecular formula is C28H28N4O6. The molecule has 38 heavy (non-hydrogen) atoms. The number of hydrogen-bond acceptors (Lipinski definition) is 7. The van der Waals surface area contributed by atoms with Crippen LogP contribution in [0, 0.1) is 0 Å². The molecule has 1 amide bonds. The maximum absolute atomic E-state index is 13.5. The topological polar surface area (TPSA) is 116 Å². The fourth-order valence-electron chi connectivity index (χ4n) is 3.97. The molecule has 0 fully saturated rings. The molecule has 0 aliphatic rings. The van der Waals surface area contributed by atoms with Gasteiger partial charge in [0.05, 0.1) is 51.1 Å². The number of methoxy groups -OCH3 is 4. The third kappa shape index (κ3) is 5.10. The number of hydrazone groups is 1. The Morgan fingerprint density at radius 2 is 1.50 bits per heavy atom. The Hall–Kier alpha value is -4.99. The zero-order valence-corrected chi connectivity index (χ0v) is 21.7. The molecule has 10 nitrogen and oxygen atoms in total. The smallest absolute Gasteiger partial charge is 0.281 e. The first kappa shape index (κ1) is 26.1. The molecule has 2 N–H and O–H groups in total. The van der Waals surface area contributed by atoms with Crippen molar-refractivity contribution in [3.05, 3.63) is 88.2 Å². The maximum Gasteiger partial charge on any atom is 0.281 e. The SMILES string of the molecule is COc1ccc(-c2[nH]n(-c3ccccc3)c(=O)c2/C(C)=N/NC(=O)c2cc(OC)c(OC)c(OC)c2)cc1. The Labute approximate surface area is 219 Å². The summed E-state index contributed by atoms with van der Waals surface area (Å²) in [6, 6.07) is 19.5. The number of hydrogen-bond donors (Lipinski definition) is 2. The van der Waals surface area contributed by atoms with Gasteiger partial charge in [-0.25, -0.2) is 10.1 Å². The minimum atomic E-state index is -0.520. The Morgan fingerprint density at radius 1 is 0.868 bits per heavy atom. The normalized spacial score (nSPS) is 11.1. The van der Waals surface area contributed by atoms with E-state index in [-0.39, 0.29) is 11.1 Å². The fourth-order valence-corrected chi connectivity index (χ4v) is 3.97. The number of rotatable bonds is 9. The van der Waals surface area contributed by atoms with Crippen molar-refractivity contribution < 1.29 is 23.7 Å². The quantitative estimate of drug-likeness (QED) is 0.256. The van der Waals surface area contributed by atoms with Crippen molar-refractivity contribution >= 4 is 11.6 Å². The van der Waals surface area contributed by atoms with Gasteiger partial charge in [0.2, 0.25) is 5.75 Å². The third-order valence-electron chi connectivity index (χ3n) is 5.90. The van der Waals surface area contributed by atoms with Gasteiger partial charge in [-0.05, 0) is 55.5 Å². The molecule has 0 radical (unpaired) electrons. The van der Waals surface area contributed by atoms with Crippen molar-refractivity contribution in [2.24, 2.45) is 5.10 Å². The lowest BCUT2D eigenvalue weighted by molar-refractivity contribution is 0.0954. The second-order valence-electron chi connectivity index (χ2n) is 8.12. The number of aromatic nitrogens is 2. The second kappa shape index (κ2) is 11.4. The first-order valence-electron chi connectivity index (χ1n) is 11.6. The van der Waals surface area contributed by atoms with Crippen LogP contribution in [0.15, 0.2) is 76.6 Å². The average molecular weight is 517 g/mol. The number of H-pyrrole nitrogens is 1. The van der Waals surface area contributed by atoms with Crippen LogP contribution >= 0.6 is 0 Å². The van der Waals surface area contributed by atoms with Crippen molar-refractivity contribution in [1.82, 2.24) is 15.2 Å². The van der Waals surface area contributed by atoms with Gasteiger partial charge in [0.15, 0.2) is 11.5 Å². The van der Waals surface area contributed by atoms with Crippen LogP contribution in [0.25, 0.3) is 16.9 Å². The number of carbonyl (C=O) groups is 1. The monoisotopic (exact) mass is 516 g/mol. The van der Waals surface area contributed by atoms with E-state index in [1.54, 1.807) is 26.2 Å². The highest BCUT2D eigenvalue weighted by Gasteiger charge is 2.21. The second-order valence-corrected chi connectivity index (χ2v) is 8.12. The Morgan fingerprint density at radius 3 is 2.05 bits per heavy atom. The number of nitrogens with zero attached hydrogens (tertiary/aromatic N) is 2. The molecule has 10 heteroatoms. The van der Waals surface area contributed by atoms with Gasteiger partial charge in [-0.15, -0.1) is 0 Å². The summed E-state index contributed by atoms with van der Waals surface area (Å²) in [5.74, 6) is 1.19. The Bertz CT molecular complexity index is 1500. The van der Waals surface area contributed by atoms with Crippen LogP contribution in [-0.2, 0) is 0 Å². The third-order valence-corrected chi connectivity index (χ3v) is 5.90. The van der Waals surface area contributed by atoms with Crippen LogP contribution in [0.3, 0.4) is 0 Å². The van der Waals surface area contributed by atoms with Crippen molar-refractivity contribution in [1.29, 1.82) is 0 Å². The van der Waals surface area contributed by atoms with E-state index < -0.39 is 5.91 Å². The molecule has 0 saturated heterocycles. The summed E-state index contributed by atoms with van der Waals surface area (Å²) in [5.41, 5.74) is 5.03. The summed E-state index contributed by atoms with van der Waals surface area (Å²) < 4.78 is 22.7. The fraction of sp³-hybridized carbons (Fsp3) is 0.179. The van der Waals surface area contributed by atoms with Gasteiger partial charge in [-0.2, -0.15) is 5.10 Å². The molecule has 0 aliphatic heterocycles. The highest BCUT2D eigenvalue weighted by molar-refractivity contribution is 6.05. The van der Waals surface area contributed by atoms with Crippen LogP contribution < -0.4 is 29.9 Å². The predicted octanol–water partition coefficient (Wildman–Crippen LogP) is 4.02. The van der Waals surface area contributed by atoms with Gasteiger partial charge in [-0.1, -0.05) is 18.2 Å². The van der Waals surface area contributed by atoms with E-state index in [4.69, 9.17) is 18.9 Å². The number of nitrogens with one attached hydrogen (secondary N) is 2.